The maximum absolute atomic E-state index is 10.8. The van der Waals surface area contributed by atoms with Gasteiger partial charge in [-0.25, -0.2) is 4.98 Å². The molecule has 1 heterocycles. The first-order valence-corrected chi connectivity index (χ1v) is 4.16. The van der Waals surface area contributed by atoms with Crippen LogP contribution in [0.5, 0.6) is 0 Å². The van der Waals surface area contributed by atoms with Gasteiger partial charge >= 0.3 is 0 Å². The molecule has 4 heteroatoms. The summed E-state index contributed by atoms with van der Waals surface area (Å²) >= 11 is 0. The molecule has 1 aromatic heterocycles. The van der Waals surface area contributed by atoms with E-state index in [4.69, 9.17) is 5.73 Å². The lowest BCUT2D eigenvalue weighted by Crippen LogP contribution is -2.04. The van der Waals surface area contributed by atoms with Crippen LogP contribution in [0.4, 0.5) is 5.69 Å². The molecule has 70 valence electrons. The van der Waals surface area contributed by atoms with Crippen LogP contribution >= 0.6 is 0 Å². The molecule has 0 radical (unpaired) electrons. The highest BCUT2D eigenvalue weighted by Crippen LogP contribution is 2.15. The van der Waals surface area contributed by atoms with Crippen LogP contribution in [0.15, 0.2) is 41.5 Å². The van der Waals surface area contributed by atoms with Crippen LogP contribution < -0.4 is 11.3 Å². The van der Waals surface area contributed by atoms with Gasteiger partial charge in [0.05, 0.1) is 11.9 Å². The summed E-state index contributed by atoms with van der Waals surface area (Å²) in [5.74, 6) is 0. The Bertz CT molecular complexity index is 467. The lowest BCUT2D eigenvalue weighted by Gasteiger charge is -1.99. The summed E-state index contributed by atoms with van der Waals surface area (Å²) in [7, 11) is 0. The predicted octanol–water partition coefficient (Wildman–Crippen LogP) is 1.02. The van der Waals surface area contributed by atoms with Crippen molar-refractivity contribution in [3.63, 3.8) is 0 Å². The molecule has 0 aliphatic carbocycles. The van der Waals surface area contributed by atoms with E-state index < -0.39 is 0 Å². The lowest BCUT2D eigenvalue weighted by atomic mass is 10.1. The van der Waals surface area contributed by atoms with E-state index in [0.717, 1.165) is 11.3 Å². The van der Waals surface area contributed by atoms with E-state index in [2.05, 4.69) is 9.97 Å². The number of rotatable bonds is 1. The van der Waals surface area contributed by atoms with Crippen molar-refractivity contribution in [2.24, 2.45) is 0 Å². The molecule has 0 aliphatic heterocycles. The number of nitrogens with zero attached hydrogens (tertiary/aromatic N) is 1. The number of hydrogen-bond acceptors (Lipinski definition) is 3. The third-order valence-electron chi connectivity index (χ3n) is 1.88. The number of benzene rings is 1. The number of nitrogens with one attached hydrogen (secondary N) is 1. The van der Waals surface area contributed by atoms with Crippen molar-refractivity contribution < 1.29 is 0 Å². The van der Waals surface area contributed by atoms with Gasteiger partial charge in [-0.05, 0) is 12.1 Å². The van der Waals surface area contributed by atoms with Gasteiger partial charge in [0.2, 0.25) is 0 Å². The largest absolute Gasteiger partial charge is 0.399 e. The van der Waals surface area contributed by atoms with E-state index >= 15 is 0 Å². The highest BCUT2D eigenvalue weighted by molar-refractivity contribution is 5.60. The fraction of sp³-hybridized carbons (Fsp3) is 0. The molecule has 0 amide bonds. The zero-order valence-electron chi connectivity index (χ0n) is 7.40. The summed E-state index contributed by atoms with van der Waals surface area (Å²) in [6.45, 7) is 0. The normalized spacial score (nSPS) is 10.0. The Morgan fingerprint density at radius 1 is 1.21 bits per heavy atom. The number of anilines is 1. The average molecular weight is 187 g/mol. The summed E-state index contributed by atoms with van der Waals surface area (Å²) in [6.07, 6.45) is 2.83. The molecule has 0 aliphatic rings. The summed E-state index contributed by atoms with van der Waals surface area (Å²) in [5.41, 5.74) is 7.71. The summed E-state index contributed by atoms with van der Waals surface area (Å²) < 4.78 is 0. The van der Waals surface area contributed by atoms with E-state index in [0.29, 0.717) is 5.69 Å². The molecular formula is C10H9N3O. The maximum Gasteiger partial charge on any atom is 0.266 e. The Hall–Kier alpha value is -2.10. The zero-order chi connectivity index (χ0) is 9.97. The Morgan fingerprint density at radius 3 is 2.50 bits per heavy atom. The second-order valence-electron chi connectivity index (χ2n) is 2.92. The standard InChI is InChI=1S/C10H9N3O/c11-8-3-1-7(2-4-8)9-5-13-10(14)6-12-9/h1-6H,11H2,(H,13,14). The number of nitrogens with two attached hydrogens (primary N) is 1. The third-order valence-corrected chi connectivity index (χ3v) is 1.88. The van der Waals surface area contributed by atoms with Crippen molar-refractivity contribution in [3.05, 3.63) is 47.0 Å². The van der Waals surface area contributed by atoms with E-state index in [1.165, 1.54) is 6.20 Å². The molecule has 2 rings (SSSR count). The number of aromatic amines is 1. The second-order valence-corrected chi connectivity index (χ2v) is 2.92. The molecule has 0 unspecified atom stereocenters. The van der Waals surface area contributed by atoms with E-state index in [1.54, 1.807) is 18.3 Å². The van der Waals surface area contributed by atoms with Gasteiger partial charge in [0, 0.05) is 17.4 Å². The van der Waals surface area contributed by atoms with Crippen molar-refractivity contribution >= 4 is 5.69 Å². The van der Waals surface area contributed by atoms with Crippen molar-refractivity contribution in [2.45, 2.75) is 0 Å². The number of hydrogen-bond donors (Lipinski definition) is 2. The number of aromatic nitrogens is 2. The molecule has 0 bridgehead atoms. The molecule has 3 N–H and O–H groups in total. The quantitative estimate of drug-likeness (QED) is 0.654. The van der Waals surface area contributed by atoms with Crippen LogP contribution in [-0.4, -0.2) is 9.97 Å². The van der Waals surface area contributed by atoms with Crippen LogP contribution in [0, 0.1) is 0 Å². The summed E-state index contributed by atoms with van der Waals surface area (Å²) in [5, 5.41) is 0. The molecule has 2 aromatic rings. The Morgan fingerprint density at radius 2 is 1.93 bits per heavy atom. The fourth-order valence-electron chi connectivity index (χ4n) is 1.15. The summed E-state index contributed by atoms with van der Waals surface area (Å²) in [4.78, 5) is 17.3. The summed E-state index contributed by atoms with van der Waals surface area (Å²) in [6, 6.07) is 7.30. The van der Waals surface area contributed by atoms with Gasteiger partial charge < -0.3 is 10.7 Å². The van der Waals surface area contributed by atoms with Crippen molar-refractivity contribution in [3.8, 4) is 11.3 Å². The first kappa shape index (κ1) is 8.50. The van der Waals surface area contributed by atoms with Crippen molar-refractivity contribution in [1.29, 1.82) is 0 Å². The topological polar surface area (TPSA) is 71.8 Å². The minimum atomic E-state index is -0.204. The SMILES string of the molecule is Nc1ccc(-c2c[nH]c(=O)cn2)cc1. The van der Waals surface area contributed by atoms with Crippen LogP contribution in [0.25, 0.3) is 11.3 Å². The van der Waals surface area contributed by atoms with Crippen LogP contribution in [0.1, 0.15) is 0 Å². The van der Waals surface area contributed by atoms with Crippen LogP contribution in [0.2, 0.25) is 0 Å². The van der Waals surface area contributed by atoms with E-state index in [9.17, 15) is 4.79 Å². The minimum Gasteiger partial charge on any atom is -0.399 e. The molecular weight excluding hydrogens is 178 g/mol. The van der Waals surface area contributed by atoms with Crippen LogP contribution in [-0.2, 0) is 0 Å². The van der Waals surface area contributed by atoms with Gasteiger partial charge in [0.1, 0.15) is 0 Å². The molecule has 14 heavy (non-hydrogen) atoms. The van der Waals surface area contributed by atoms with Gasteiger partial charge in [-0.3, -0.25) is 4.79 Å². The number of H-pyrrole nitrogens is 1. The Labute approximate surface area is 80.4 Å². The van der Waals surface area contributed by atoms with Gasteiger partial charge in [0.25, 0.3) is 5.56 Å². The van der Waals surface area contributed by atoms with Crippen molar-refractivity contribution in [1.82, 2.24) is 9.97 Å². The smallest absolute Gasteiger partial charge is 0.266 e. The molecule has 4 nitrogen and oxygen atoms in total. The molecule has 0 saturated heterocycles. The zero-order valence-corrected chi connectivity index (χ0v) is 7.40. The van der Waals surface area contributed by atoms with E-state index in [1.807, 2.05) is 12.1 Å². The third kappa shape index (κ3) is 1.64. The molecule has 1 aromatic carbocycles. The monoisotopic (exact) mass is 187 g/mol. The van der Waals surface area contributed by atoms with Crippen LogP contribution in [0.3, 0.4) is 0 Å². The first-order chi connectivity index (χ1) is 6.75. The number of nitrogen functional groups attached to an aromatic ring is 1. The molecule has 0 fully saturated rings. The Kier molecular flexibility index (Phi) is 2.02. The molecule has 0 saturated carbocycles. The Balaban J connectivity index is 2.44. The average Bonchev–Trinajstić information content (AvgIpc) is 2.21. The predicted molar refractivity (Wildman–Crippen MR) is 54.7 cm³/mol. The van der Waals surface area contributed by atoms with E-state index in [-0.39, 0.29) is 5.56 Å². The fourth-order valence-corrected chi connectivity index (χ4v) is 1.15. The van der Waals surface area contributed by atoms with Gasteiger partial charge in [-0.15, -0.1) is 0 Å². The molecule has 0 atom stereocenters. The highest BCUT2D eigenvalue weighted by atomic mass is 16.1. The maximum atomic E-state index is 10.8. The van der Waals surface area contributed by atoms with Gasteiger partial charge in [-0.1, -0.05) is 12.1 Å². The second kappa shape index (κ2) is 3.33. The van der Waals surface area contributed by atoms with Crippen molar-refractivity contribution in [2.75, 3.05) is 5.73 Å². The first-order valence-electron chi connectivity index (χ1n) is 4.16. The minimum absolute atomic E-state index is 0.204. The molecule has 0 spiro atoms. The highest BCUT2D eigenvalue weighted by Gasteiger charge is 1.97. The lowest BCUT2D eigenvalue weighted by molar-refractivity contribution is 1.14. The van der Waals surface area contributed by atoms with Gasteiger partial charge in [0.15, 0.2) is 0 Å². The van der Waals surface area contributed by atoms with Gasteiger partial charge in [-0.2, -0.15) is 0 Å².